The maximum Gasteiger partial charge on any atom is 0.261 e. The van der Waals surface area contributed by atoms with Crippen molar-refractivity contribution < 1.29 is 14.7 Å². The van der Waals surface area contributed by atoms with Gasteiger partial charge in [-0.3, -0.25) is 14.5 Å². The number of fused-ring (bicyclic) bond motifs is 1. The lowest BCUT2D eigenvalue weighted by atomic mass is 10.1. The van der Waals surface area contributed by atoms with E-state index in [4.69, 9.17) is 0 Å². The molecule has 0 aromatic heterocycles. The molecule has 0 bridgehead atoms. The summed E-state index contributed by atoms with van der Waals surface area (Å²) in [6.45, 7) is 6.25. The summed E-state index contributed by atoms with van der Waals surface area (Å²) in [6.07, 6.45) is 0.788. The van der Waals surface area contributed by atoms with E-state index in [1.54, 1.807) is 13.0 Å². The van der Waals surface area contributed by atoms with Gasteiger partial charge in [0, 0.05) is 6.54 Å². The fraction of sp³-hybridized carbons (Fsp3) is 0.429. The average molecular weight is 247 g/mol. The van der Waals surface area contributed by atoms with Crippen molar-refractivity contribution in [3.8, 4) is 5.75 Å². The van der Waals surface area contributed by atoms with Crippen LogP contribution in [0.3, 0.4) is 0 Å². The van der Waals surface area contributed by atoms with Crippen molar-refractivity contribution in [1.82, 2.24) is 4.90 Å². The molecule has 0 aliphatic carbocycles. The molecule has 2 amide bonds. The summed E-state index contributed by atoms with van der Waals surface area (Å²) in [5.41, 5.74) is 1.33. The van der Waals surface area contributed by atoms with Gasteiger partial charge in [0.25, 0.3) is 11.8 Å². The van der Waals surface area contributed by atoms with E-state index in [9.17, 15) is 14.7 Å². The van der Waals surface area contributed by atoms with Crippen molar-refractivity contribution in [2.75, 3.05) is 6.54 Å². The van der Waals surface area contributed by atoms with Gasteiger partial charge >= 0.3 is 0 Å². The molecule has 0 fully saturated rings. The minimum atomic E-state index is -0.300. The summed E-state index contributed by atoms with van der Waals surface area (Å²) in [7, 11) is 0. The summed E-state index contributed by atoms with van der Waals surface area (Å²) < 4.78 is 0. The maximum atomic E-state index is 12.1. The molecule has 1 heterocycles. The maximum absolute atomic E-state index is 12.1. The summed E-state index contributed by atoms with van der Waals surface area (Å²) in [5.74, 6) is -0.0604. The lowest BCUT2D eigenvalue weighted by Crippen LogP contribution is -2.31. The number of aromatic hydroxyl groups is 1. The van der Waals surface area contributed by atoms with Gasteiger partial charge in [-0.05, 0) is 37.0 Å². The second-order valence-corrected chi connectivity index (χ2v) is 5.13. The van der Waals surface area contributed by atoms with Crippen LogP contribution < -0.4 is 0 Å². The number of hydrogen-bond donors (Lipinski definition) is 1. The quantitative estimate of drug-likeness (QED) is 0.834. The molecule has 4 nitrogen and oxygen atoms in total. The topological polar surface area (TPSA) is 57.6 Å². The Kier molecular flexibility index (Phi) is 3.11. The lowest BCUT2D eigenvalue weighted by Gasteiger charge is -2.14. The number of imide groups is 1. The molecule has 2 rings (SSSR count). The molecule has 4 heteroatoms. The predicted octanol–water partition coefficient (Wildman–Crippen LogP) is 2.34. The van der Waals surface area contributed by atoms with Gasteiger partial charge in [-0.25, -0.2) is 0 Å². The number of amides is 2. The van der Waals surface area contributed by atoms with E-state index < -0.39 is 0 Å². The van der Waals surface area contributed by atoms with Crippen molar-refractivity contribution in [3.05, 3.63) is 28.8 Å². The molecule has 0 atom stereocenters. The zero-order chi connectivity index (χ0) is 13.4. The molecule has 96 valence electrons. The molecule has 0 radical (unpaired) electrons. The molecule has 18 heavy (non-hydrogen) atoms. The van der Waals surface area contributed by atoms with E-state index in [0.29, 0.717) is 29.2 Å². The number of benzene rings is 1. The molecule has 1 aliphatic rings. The first kappa shape index (κ1) is 12.6. The Labute approximate surface area is 106 Å². The first-order valence-corrected chi connectivity index (χ1v) is 6.11. The zero-order valence-corrected chi connectivity index (χ0v) is 10.9. The highest BCUT2D eigenvalue weighted by Crippen LogP contribution is 2.29. The van der Waals surface area contributed by atoms with Crippen molar-refractivity contribution >= 4 is 11.8 Å². The number of aryl methyl sites for hydroxylation is 1. The summed E-state index contributed by atoms with van der Waals surface area (Å²) >= 11 is 0. The monoisotopic (exact) mass is 247 g/mol. The van der Waals surface area contributed by atoms with Gasteiger partial charge in [0.05, 0.1) is 11.1 Å². The fourth-order valence-electron chi connectivity index (χ4n) is 2.02. The molecule has 1 N–H and O–H groups in total. The number of rotatable bonds is 3. The molecule has 0 saturated heterocycles. The van der Waals surface area contributed by atoms with Crippen molar-refractivity contribution in [2.24, 2.45) is 5.92 Å². The lowest BCUT2D eigenvalue weighted by molar-refractivity contribution is 0.0647. The number of phenolic OH excluding ortho intramolecular Hbond substituents is 1. The zero-order valence-electron chi connectivity index (χ0n) is 10.9. The van der Waals surface area contributed by atoms with Gasteiger partial charge in [-0.15, -0.1) is 0 Å². The van der Waals surface area contributed by atoms with Crippen LogP contribution in [0.1, 0.15) is 46.5 Å². The van der Waals surface area contributed by atoms with Crippen LogP contribution in [0.15, 0.2) is 12.1 Å². The average Bonchev–Trinajstić information content (AvgIpc) is 2.51. The summed E-state index contributed by atoms with van der Waals surface area (Å²) in [5, 5.41) is 9.61. The van der Waals surface area contributed by atoms with Crippen LogP contribution in [-0.4, -0.2) is 28.4 Å². The van der Waals surface area contributed by atoms with Gasteiger partial charge in [-0.2, -0.15) is 0 Å². The fourth-order valence-corrected chi connectivity index (χ4v) is 2.02. The summed E-state index contributed by atoms with van der Waals surface area (Å²) in [6, 6.07) is 2.97. The Balaban J connectivity index is 2.32. The van der Waals surface area contributed by atoms with Crippen LogP contribution in [0.2, 0.25) is 0 Å². The molecular formula is C14H17NO3. The Morgan fingerprint density at radius 3 is 2.28 bits per heavy atom. The van der Waals surface area contributed by atoms with Gasteiger partial charge in [0.1, 0.15) is 5.75 Å². The smallest absolute Gasteiger partial charge is 0.261 e. The Hall–Kier alpha value is -1.84. The Morgan fingerprint density at radius 1 is 1.17 bits per heavy atom. The first-order valence-electron chi connectivity index (χ1n) is 6.11. The van der Waals surface area contributed by atoms with E-state index >= 15 is 0 Å². The highest BCUT2D eigenvalue weighted by atomic mass is 16.3. The molecule has 1 aromatic carbocycles. The second kappa shape index (κ2) is 4.44. The number of carbonyl (C=O) groups excluding carboxylic acids is 2. The third-order valence-corrected chi connectivity index (χ3v) is 3.22. The van der Waals surface area contributed by atoms with Crippen molar-refractivity contribution in [1.29, 1.82) is 0 Å². The van der Waals surface area contributed by atoms with Gasteiger partial charge in [-0.1, -0.05) is 13.8 Å². The van der Waals surface area contributed by atoms with Crippen LogP contribution in [-0.2, 0) is 0 Å². The van der Waals surface area contributed by atoms with Crippen molar-refractivity contribution in [2.45, 2.75) is 27.2 Å². The van der Waals surface area contributed by atoms with Gasteiger partial charge in [0.2, 0.25) is 0 Å². The highest BCUT2D eigenvalue weighted by molar-refractivity contribution is 6.21. The number of nitrogens with zero attached hydrogens (tertiary/aromatic N) is 1. The van der Waals surface area contributed by atoms with Crippen LogP contribution in [0, 0.1) is 12.8 Å². The van der Waals surface area contributed by atoms with Crippen LogP contribution in [0.25, 0.3) is 0 Å². The Morgan fingerprint density at radius 2 is 1.72 bits per heavy atom. The van der Waals surface area contributed by atoms with E-state index in [-0.39, 0.29) is 17.6 Å². The Bertz CT molecular complexity index is 479. The number of hydrogen-bond acceptors (Lipinski definition) is 3. The number of carbonyl (C=O) groups is 2. The standard InChI is InChI=1S/C14H17NO3/c1-8(2)4-5-15-13(17)10-6-9(3)12(16)7-11(10)14(15)18/h6-8,16H,4-5H2,1-3H3. The molecule has 0 spiro atoms. The third-order valence-electron chi connectivity index (χ3n) is 3.22. The third kappa shape index (κ3) is 1.98. The first-order chi connectivity index (χ1) is 8.41. The van der Waals surface area contributed by atoms with E-state index in [1.165, 1.54) is 11.0 Å². The second-order valence-electron chi connectivity index (χ2n) is 5.13. The largest absolute Gasteiger partial charge is 0.508 e. The molecular weight excluding hydrogens is 230 g/mol. The van der Waals surface area contributed by atoms with Gasteiger partial charge < -0.3 is 5.11 Å². The van der Waals surface area contributed by atoms with Gasteiger partial charge in [0.15, 0.2) is 0 Å². The molecule has 0 saturated carbocycles. The SMILES string of the molecule is Cc1cc2c(cc1O)C(=O)N(CCC(C)C)C2=O. The van der Waals surface area contributed by atoms with Crippen molar-refractivity contribution in [3.63, 3.8) is 0 Å². The van der Waals surface area contributed by atoms with E-state index in [2.05, 4.69) is 0 Å². The summed E-state index contributed by atoms with van der Waals surface area (Å²) in [4.78, 5) is 25.5. The molecule has 1 aromatic rings. The predicted molar refractivity (Wildman–Crippen MR) is 67.7 cm³/mol. The molecule has 1 aliphatic heterocycles. The van der Waals surface area contributed by atoms with E-state index in [0.717, 1.165) is 6.42 Å². The van der Waals surface area contributed by atoms with Crippen LogP contribution in [0.5, 0.6) is 5.75 Å². The minimum absolute atomic E-state index is 0.0561. The van der Waals surface area contributed by atoms with E-state index in [1.807, 2.05) is 13.8 Å². The van der Waals surface area contributed by atoms with Crippen LogP contribution >= 0.6 is 0 Å². The minimum Gasteiger partial charge on any atom is -0.508 e. The highest BCUT2D eigenvalue weighted by Gasteiger charge is 2.35. The molecule has 0 unspecified atom stereocenters. The number of phenols is 1. The normalized spacial score (nSPS) is 14.6. The van der Waals surface area contributed by atoms with Crippen LogP contribution in [0.4, 0.5) is 0 Å².